The summed E-state index contributed by atoms with van der Waals surface area (Å²) in [4.78, 5) is 43.2. The third kappa shape index (κ3) is 10.5. The Kier molecular flexibility index (Phi) is 13.0. The van der Waals surface area contributed by atoms with Gasteiger partial charge in [-0.3, -0.25) is 9.69 Å². The molecule has 61 heavy (non-hydrogen) atoms. The maximum atomic E-state index is 13.3. The number of aliphatic hydroxyl groups excluding tert-OH is 1. The number of aliphatic hydroxyl groups is 1. The monoisotopic (exact) mass is 822 g/mol. The fourth-order valence-corrected chi connectivity index (χ4v) is 8.32. The van der Waals surface area contributed by atoms with E-state index in [1.54, 1.807) is 30.3 Å². The second kappa shape index (κ2) is 19.3. The highest BCUT2D eigenvalue weighted by Crippen LogP contribution is 2.31. The Balaban J connectivity index is 0.822. The van der Waals surface area contributed by atoms with E-state index in [-0.39, 0.29) is 37.2 Å². The molecule has 0 aliphatic carbocycles. The van der Waals surface area contributed by atoms with Gasteiger partial charge in [0.25, 0.3) is 0 Å². The topological polar surface area (TPSA) is 162 Å². The molecule has 6 aromatic rings. The fourth-order valence-electron chi connectivity index (χ4n) is 8.32. The van der Waals surface area contributed by atoms with Gasteiger partial charge in [0, 0.05) is 24.5 Å². The van der Waals surface area contributed by atoms with Gasteiger partial charge in [0.05, 0.1) is 23.2 Å². The Labute approximate surface area is 354 Å². The lowest BCUT2D eigenvalue weighted by Gasteiger charge is -2.43. The molecule has 0 saturated carbocycles. The zero-order valence-electron chi connectivity index (χ0n) is 33.8. The number of nitrogens with one attached hydrogen (secondary N) is 3. The van der Waals surface area contributed by atoms with E-state index in [9.17, 15) is 24.6 Å². The minimum absolute atomic E-state index is 0.0534. The normalized spacial score (nSPS) is 18.0. The number of aromatic nitrogens is 1. The number of aromatic hydroxyl groups is 1. The molecule has 0 radical (unpaired) electrons. The fraction of sp³-hybridized carbons (Fsp3) is 0.286. The van der Waals surface area contributed by atoms with Gasteiger partial charge >= 0.3 is 12.1 Å². The number of phenolic OH excluding ortho intramolecular Hbond substituents is 1. The standard InChI is InChI=1S/C49H50N4O8/c54-42-17-15-40(41-16-18-45(56)51-47(41)42)43(55)28-50-22-19-32-7-4-8-33(25-32)31-60-48(57)38-13-5-9-34(26-38)30-59-39-14-6-12-37(27-39)46(36-10-2-1-3-11-36)52-49(58)61-44-29-53-23-20-35(44)21-24-53/h1-18,25-27,35,43-44,46,50,54-55H,19-24,28-31H2,(H,51,56)(H,52,58)/t43-,44-,46-/m0/s1. The molecule has 314 valence electrons. The molecule has 4 heterocycles. The number of amides is 1. The molecule has 1 amide bonds. The molecular weight excluding hydrogens is 773 g/mol. The van der Waals surface area contributed by atoms with Gasteiger partial charge in [-0.15, -0.1) is 0 Å². The first-order valence-corrected chi connectivity index (χ1v) is 20.8. The van der Waals surface area contributed by atoms with E-state index in [0.717, 1.165) is 60.3 Å². The number of fused-ring (bicyclic) bond motifs is 4. The zero-order chi connectivity index (χ0) is 42.1. The molecule has 12 nitrogen and oxygen atoms in total. The first-order chi connectivity index (χ1) is 29.8. The number of esters is 1. The smallest absolute Gasteiger partial charge is 0.408 e. The van der Waals surface area contributed by atoms with Crippen LogP contribution < -0.4 is 20.9 Å². The van der Waals surface area contributed by atoms with Gasteiger partial charge in [0.2, 0.25) is 5.56 Å². The van der Waals surface area contributed by atoms with Crippen LogP contribution in [0.1, 0.15) is 68.7 Å². The van der Waals surface area contributed by atoms with Gasteiger partial charge in [-0.05, 0) is 115 Å². The predicted octanol–water partition coefficient (Wildman–Crippen LogP) is 6.95. The highest BCUT2D eigenvalue weighted by Gasteiger charge is 2.37. The average Bonchev–Trinajstić information content (AvgIpc) is 3.29. The summed E-state index contributed by atoms with van der Waals surface area (Å²) >= 11 is 0. The van der Waals surface area contributed by atoms with Crippen molar-refractivity contribution in [1.29, 1.82) is 0 Å². The van der Waals surface area contributed by atoms with E-state index in [1.165, 1.54) is 12.1 Å². The van der Waals surface area contributed by atoms with E-state index in [2.05, 4.69) is 20.5 Å². The lowest BCUT2D eigenvalue weighted by atomic mass is 9.86. The number of hydrogen-bond donors (Lipinski definition) is 5. The number of pyridine rings is 1. The van der Waals surface area contributed by atoms with Crippen molar-refractivity contribution in [3.05, 3.63) is 177 Å². The molecule has 3 aliphatic rings. The number of ether oxygens (including phenoxy) is 3. The van der Waals surface area contributed by atoms with E-state index in [4.69, 9.17) is 14.2 Å². The van der Waals surface area contributed by atoms with Crippen LogP contribution in [0.3, 0.4) is 0 Å². The molecule has 3 saturated heterocycles. The van der Waals surface area contributed by atoms with E-state index < -0.39 is 24.2 Å². The molecule has 5 N–H and O–H groups in total. The second-order valence-corrected chi connectivity index (χ2v) is 15.8. The third-order valence-corrected chi connectivity index (χ3v) is 11.6. The number of piperidine rings is 3. The maximum Gasteiger partial charge on any atom is 0.408 e. The summed E-state index contributed by atoms with van der Waals surface area (Å²) in [6.45, 7) is 4.11. The van der Waals surface area contributed by atoms with Crippen LogP contribution in [0.5, 0.6) is 11.5 Å². The van der Waals surface area contributed by atoms with Gasteiger partial charge in [-0.1, -0.05) is 84.9 Å². The lowest BCUT2D eigenvalue weighted by Crippen LogP contribution is -2.52. The molecule has 9 rings (SSSR count). The van der Waals surface area contributed by atoms with Crippen LogP contribution in [0.25, 0.3) is 10.9 Å². The quantitative estimate of drug-likeness (QED) is 0.0511. The molecule has 3 fully saturated rings. The van der Waals surface area contributed by atoms with Crippen molar-refractivity contribution in [3.63, 3.8) is 0 Å². The minimum Gasteiger partial charge on any atom is -0.506 e. The third-order valence-electron chi connectivity index (χ3n) is 11.6. The second-order valence-electron chi connectivity index (χ2n) is 15.8. The summed E-state index contributed by atoms with van der Waals surface area (Å²) in [6, 6.07) is 38.1. The number of rotatable bonds is 16. The van der Waals surface area contributed by atoms with Crippen LogP contribution >= 0.6 is 0 Å². The van der Waals surface area contributed by atoms with Gasteiger partial charge < -0.3 is 40.0 Å². The Morgan fingerprint density at radius 1 is 0.803 bits per heavy atom. The average molecular weight is 823 g/mol. The molecule has 12 heteroatoms. The lowest BCUT2D eigenvalue weighted by molar-refractivity contribution is -0.0336. The number of aromatic amines is 1. The molecule has 0 unspecified atom stereocenters. The van der Waals surface area contributed by atoms with Crippen molar-refractivity contribution < 1.29 is 34.0 Å². The maximum absolute atomic E-state index is 13.3. The molecule has 3 atom stereocenters. The number of H-pyrrole nitrogens is 1. The Bertz CT molecular complexity index is 2520. The largest absolute Gasteiger partial charge is 0.506 e. The summed E-state index contributed by atoms with van der Waals surface area (Å²) < 4.78 is 17.9. The molecular formula is C49H50N4O8. The Hall–Kier alpha value is -6.47. The zero-order valence-corrected chi connectivity index (χ0v) is 33.8. The number of carbonyl (C=O) groups excluding carboxylic acids is 2. The van der Waals surface area contributed by atoms with Crippen LogP contribution in [-0.4, -0.2) is 71.0 Å². The summed E-state index contributed by atoms with van der Waals surface area (Å²) in [5.41, 5.74) is 5.45. The molecule has 3 aliphatic heterocycles. The van der Waals surface area contributed by atoms with Crippen molar-refractivity contribution in [2.45, 2.75) is 50.7 Å². The van der Waals surface area contributed by atoms with Crippen molar-refractivity contribution >= 4 is 23.0 Å². The summed E-state index contributed by atoms with van der Waals surface area (Å²) in [5.74, 6) is 0.530. The van der Waals surface area contributed by atoms with Crippen molar-refractivity contribution in [1.82, 2.24) is 20.5 Å². The molecule has 1 aromatic heterocycles. The SMILES string of the molecule is O=C(N[C@@H](c1ccccc1)c1cccc(OCc2cccc(C(=O)OCc3cccc(CCNC[C@H](O)c4ccc(O)c5[nH]c(=O)ccc45)c3)c2)c1)O[C@H]1CN2CCC1CC2. The van der Waals surface area contributed by atoms with Crippen LogP contribution in [0, 0.1) is 5.92 Å². The van der Waals surface area contributed by atoms with E-state index in [0.29, 0.717) is 46.7 Å². The number of alkyl carbamates (subject to hydrolysis) is 1. The van der Waals surface area contributed by atoms with Gasteiger partial charge in [0.1, 0.15) is 30.8 Å². The minimum atomic E-state index is -0.852. The Morgan fingerprint density at radius 2 is 1.56 bits per heavy atom. The molecule has 0 spiro atoms. The highest BCUT2D eigenvalue weighted by molar-refractivity contribution is 5.89. The number of benzene rings is 5. The van der Waals surface area contributed by atoms with Crippen LogP contribution in [-0.2, 0) is 29.1 Å². The van der Waals surface area contributed by atoms with Gasteiger partial charge in [-0.25, -0.2) is 9.59 Å². The molecule has 2 bridgehead atoms. The number of nitrogens with zero attached hydrogens (tertiary/aromatic N) is 1. The summed E-state index contributed by atoms with van der Waals surface area (Å²) in [7, 11) is 0. The van der Waals surface area contributed by atoms with Gasteiger partial charge in [-0.2, -0.15) is 0 Å². The number of hydrogen-bond acceptors (Lipinski definition) is 10. The van der Waals surface area contributed by atoms with Crippen molar-refractivity contribution in [2.75, 3.05) is 32.7 Å². The predicted molar refractivity (Wildman–Crippen MR) is 231 cm³/mol. The van der Waals surface area contributed by atoms with Crippen LogP contribution in [0.4, 0.5) is 4.79 Å². The summed E-state index contributed by atoms with van der Waals surface area (Å²) in [6.07, 6.45) is 1.42. The summed E-state index contributed by atoms with van der Waals surface area (Å²) in [5, 5.41) is 28.0. The van der Waals surface area contributed by atoms with Gasteiger partial charge in [0.15, 0.2) is 0 Å². The number of phenols is 1. The van der Waals surface area contributed by atoms with Crippen LogP contribution in [0.15, 0.2) is 132 Å². The first-order valence-electron chi connectivity index (χ1n) is 20.8. The highest BCUT2D eigenvalue weighted by atomic mass is 16.6. The van der Waals surface area contributed by atoms with Crippen LogP contribution in [0.2, 0.25) is 0 Å². The molecule has 5 aromatic carbocycles. The number of carbonyl (C=O) groups is 2. The van der Waals surface area contributed by atoms with Crippen molar-refractivity contribution in [3.8, 4) is 11.5 Å². The van der Waals surface area contributed by atoms with E-state index >= 15 is 0 Å². The Morgan fingerprint density at radius 3 is 2.36 bits per heavy atom. The van der Waals surface area contributed by atoms with E-state index in [1.807, 2.05) is 84.9 Å². The van der Waals surface area contributed by atoms with Crippen molar-refractivity contribution in [2.24, 2.45) is 5.92 Å². The first kappa shape index (κ1) is 41.3.